The van der Waals surface area contributed by atoms with Crippen LogP contribution < -0.4 is 11.1 Å². The Balaban J connectivity index is 4.32. The molecule has 1 amide bonds. The normalized spacial score (nSPS) is 15.1. The molecule has 338 valence electrons. The van der Waals surface area contributed by atoms with E-state index in [1.165, 1.54) is 109 Å². The molecule has 9 nitrogen and oxygen atoms in total. The van der Waals surface area contributed by atoms with Crippen molar-refractivity contribution >= 4 is 13.7 Å². The summed E-state index contributed by atoms with van der Waals surface area (Å²) in [5, 5.41) is 24.1. The minimum absolute atomic E-state index is 0.0404. The smallest absolute Gasteiger partial charge is 0.393 e. The van der Waals surface area contributed by atoms with Crippen LogP contribution in [0.1, 0.15) is 200 Å². The highest BCUT2D eigenvalue weighted by Crippen LogP contribution is 2.43. The average Bonchev–Trinajstić information content (AvgIpc) is 3.20. The fourth-order valence-electron chi connectivity index (χ4n) is 6.60. The third-order valence-electron chi connectivity index (χ3n) is 10.1. The molecule has 0 aliphatic carbocycles. The number of nitrogens with one attached hydrogen (secondary N) is 1. The number of carbonyl (C=O) groups is 1. The minimum atomic E-state index is -4.42. The molecule has 4 atom stereocenters. The SMILES string of the molecule is CC/C=C\C/C=C\CCCCCCCCCCCCCCC(O)CC(=O)NC(COP(=O)(O)OCCN)C(O)/C=C/CC/C=C/CC/C=C/CCCCCCCCC. The van der Waals surface area contributed by atoms with Crippen molar-refractivity contribution in [3.8, 4) is 0 Å². The van der Waals surface area contributed by atoms with E-state index in [1.54, 1.807) is 6.08 Å². The van der Waals surface area contributed by atoms with Crippen LogP contribution in [0.3, 0.4) is 0 Å². The number of aliphatic hydroxyl groups is 2. The molecular formula is C48H89N2O7P. The van der Waals surface area contributed by atoms with Crippen LogP contribution in [0.5, 0.6) is 0 Å². The van der Waals surface area contributed by atoms with E-state index in [2.05, 4.69) is 67.8 Å². The van der Waals surface area contributed by atoms with Gasteiger partial charge in [0.15, 0.2) is 0 Å². The van der Waals surface area contributed by atoms with Crippen molar-refractivity contribution in [2.24, 2.45) is 5.73 Å². The molecule has 0 aliphatic rings. The number of nitrogens with two attached hydrogens (primary N) is 1. The quantitative estimate of drug-likeness (QED) is 0.0231. The molecule has 0 rings (SSSR count). The number of allylic oxidation sites excluding steroid dienone is 9. The van der Waals surface area contributed by atoms with Gasteiger partial charge in [-0.1, -0.05) is 184 Å². The van der Waals surface area contributed by atoms with Crippen LogP contribution in [0.2, 0.25) is 0 Å². The molecule has 0 saturated carbocycles. The third kappa shape index (κ3) is 40.9. The molecule has 0 aromatic rings. The van der Waals surface area contributed by atoms with Crippen molar-refractivity contribution in [3.05, 3.63) is 60.8 Å². The van der Waals surface area contributed by atoms with E-state index >= 15 is 0 Å². The number of unbranched alkanes of at least 4 members (excludes halogenated alkanes) is 21. The van der Waals surface area contributed by atoms with Crippen molar-refractivity contribution < 1.29 is 33.5 Å². The summed E-state index contributed by atoms with van der Waals surface area (Å²) in [7, 11) is -4.42. The summed E-state index contributed by atoms with van der Waals surface area (Å²) in [4.78, 5) is 22.8. The second kappa shape index (κ2) is 43.3. The van der Waals surface area contributed by atoms with Crippen molar-refractivity contribution in [3.63, 3.8) is 0 Å². The van der Waals surface area contributed by atoms with E-state index in [4.69, 9.17) is 14.8 Å². The van der Waals surface area contributed by atoms with Crippen LogP contribution >= 0.6 is 7.82 Å². The standard InChI is InChI=1S/C48H89N2O7P/c1-3-5-7-9-11-13-15-17-19-21-22-24-25-27-29-31-33-35-37-39-45(51)43-48(53)50-46(44-57-58(54,55)56-42-41-49)47(52)40-38-36-34-32-30-28-26-23-20-18-16-14-12-10-8-6-4-2/h5,7,11,13,20,23,30,32,38,40,45-47,51-52H,3-4,6,8-10,12,14-19,21-22,24-29,31,33-37,39,41-44,49H2,1-2H3,(H,50,53)(H,54,55)/b7-5-,13-11-,23-20+,32-30+,40-38+. The first kappa shape index (κ1) is 56.2. The van der Waals surface area contributed by atoms with Gasteiger partial charge in [-0.15, -0.1) is 0 Å². The Morgan fingerprint density at radius 1 is 0.621 bits per heavy atom. The fourth-order valence-corrected chi connectivity index (χ4v) is 7.36. The number of amides is 1. The fraction of sp³-hybridized carbons (Fsp3) is 0.771. The summed E-state index contributed by atoms with van der Waals surface area (Å²) in [5.41, 5.74) is 5.37. The lowest BCUT2D eigenvalue weighted by molar-refractivity contribution is -0.124. The molecular weight excluding hydrogens is 748 g/mol. The maximum Gasteiger partial charge on any atom is 0.472 e. The molecule has 0 spiro atoms. The summed E-state index contributed by atoms with van der Waals surface area (Å²) in [6.07, 6.45) is 51.7. The molecule has 0 bridgehead atoms. The Morgan fingerprint density at radius 2 is 1.09 bits per heavy atom. The van der Waals surface area contributed by atoms with Crippen molar-refractivity contribution in [2.75, 3.05) is 19.8 Å². The Morgan fingerprint density at radius 3 is 1.62 bits per heavy atom. The van der Waals surface area contributed by atoms with Gasteiger partial charge in [0.2, 0.25) is 5.91 Å². The second-order valence-electron chi connectivity index (χ2n) is 15.8. The van der Waals surface area contributed by atoms with Crippen LogP contribution in [-0.2, 0) is 18.4 Å². The average molecular weight is 837 g/mol. The topological polar surface area (TPSA) is 151 Å². The van der Waals surface area contributed by atoms with Crippen LogP contribution in [0, 0.1) is 0 Å². The van der Waals surface area contributed by atoms with Crippen LogP contribution in [0.15, 0.2) is 60.8 Å². The van der Waals surface area contributed by atoms with Gasteiger partial charge in [-0.25, -0.2) is 4.57 Å². The van der Waals surface area contributed by atoms with Gasteiger partial charge in [-0.3, -0.25) is 13.8 Å². The van der Waals surface area contributed by atoms with Crippen molar-refractivity contribution in [2.45, 2.75) is 218 Å². The molecule has 0 heterocycles. The lowest BCUT2D eigenvalue weighted by Gasteiger charge is -2.24. The maximum absolute atomic E-state index is 12.8. The summed E-state index contributed by atoms with van der Waals surface area (Å²) in [5.74, 6) is -0.462. The zero-order valence-corrected chi connectivity index (χ0v) is 38.0. The summed E-state index contributed by atoms with van der Waals surface area (Å²) in [6, 6.07) is -1.01. The van der Waals surface area contributed by atoms with E-state index in [1.807, 2.05) is 6.08 Å². The minimum Gasteiger partial charge on any atom is -0.393 e. The highest BCUT2D eigenvalue weighted by atomic mass is 31.2. The Kier molecular flexibility index (Phi) is 41.9. The number of rotatable bonds is 43. The molecule has 0 aromatic heterocycles. The van der Waals surface area contributed by atoms with E-state index in [0.29, 0.717) is 12.8 Å². The first-order valence-corrected chi connectivity index (χ1v) is 25.0. The molecule has 0 radical (unpaired) electrons. The molecule has 6 N–H and O–H groups in total. The molecule has 0 saturated heterocycles. The first-order chi connectivity index (χ1) is 28.3. The molecule has 4 unspecified atom stereocenters. The van der Waals surface area contributed by atoms with Gasteiger partial charge in [0.25, 0.3) is 0 Å². The van der Waals surface area contributed by atoms with E-state index in [0.717, 1.165) is 57.8 Å². The molecule has 58 heavy (non-hydrogen) atoms. The number of phosphoric ester groups is 1. The Bertz CT molecular complexity index is 1110. The van der Waals surface area contributed by atoms with E-state index in [9.17, 15) is 24.5 Å². The zero-order chi connectivity index (χ0) is 42.6. The monoisotopic (exact) mass is 837 g/mol. The number of hydrogen-bond donors (Lipinski definition) is 5. The van der Waals surface area contributed by atoms with E-state index in [-0.39, 0.29) is 19.6 Å². The Hall–Kier alpha value is -1.84. The van der Waals surface area contributed by atoms with Gasteiger partial charge in [-0.05, 0) is 70.6 Å². The summed E-state index contributed by atoms with van der Waals surface area (Å²) < 4.78 is 22.1. The number of aliphatic hydroxyl groups excluding tert-OH is 2. The molecule has 10 heteroatoms. The third-order valence-corrected chi connectivity index (χ3v) is 11.1. The zero-order valence-electron chi connectivity index (χ0n) is 37.1. The van der Waals surface area contributed by atoms with Gasteiger partial charge >= 0.3 is 7.82 Å². The molecule has 0 fully saturated rings. The lowest BCUT2D eigenvalue weighted by Crippen LogP contribution is -2.46. The highest BCUT2D eigenvalue weighted by molar-refractivity contribution is 7.47. The van der Waals surface area contributed by atoms with Crippen LogP contribution in [-0.4, -0.2) is 59.0 Å². The largest absolute Gasteiger partial charge is 0.472 e. The molecule has 0 aliphatic heterocycles. The molecule has 0 aromatic carbocycles. The summed E-state index contributed by atoms with van der Waals surface area (Å²) in [6.45, 7) is 3.84. The summed E-state index contributed by atoms with van der Waals surface area (Å²) >= 11 is 0. The predicted octanol–water partition coefficient (Wildman–Crippen LogP) is 12.4. The van der Waals surface area contributed by atoms with Gasteiger partial charge in [0.1, 0.15) is 0 Å². The van der Waals surface area contributed by atoms with Crippen LogP contribution in [0.4, 0.5) is 0 Å². The van der Waals surface area contributed by atoms with Crippen LogP contribution in [0.25, 0.3) is 0 Å². The van der Waals surface area contributed by atoms with Crippen molar-refractivity contribution in [1.82, 2.24) is 5.32 Å². The lowest BCUT2D eigenvalue weighted by atomic mass is 10.0. The maximum atomic E-state index is 12.8. The highest BCUT2D eigenvalue weighted by Gasteiger charge is 2.27. The van der Waals surface area contributed by atoms with Gasteiger partial charge in [0.05, 0.1) is 37.9 Å². The van der Waals surface area contributed by atoms with Gasteiger partial charge < -0.3 is 26.2 Å². The van der Waals surface area contributed by atoms with Gasteiger partial charge in [-0.2, -0.15) is 0 Å². The number of phosphoric acid groups is 1. The Labute approximate surface area is 356 Å². The number of carbonyl (C=O) groups excluding carboxylic acids is 1. The second-order valence-corrected chi connectivity index (χ2v) is 17.2. The van der Waals surface area contributed by atoms with Crippen molar-refractivity contribution in [1.29, 1.82) is 0 Å². The van der Waals surface area contributed by atoms with E-state index < -0.39 is 38.6 Å². The van der Waals surface area contributed by atoms with Gasteiger partial charge in [0, 0.05) is 6.54 Å². The number of hydrogen-bond acceptors (Lipinski definition) is 7. The predicted molar refractivity (Wildman–Crippen MR) is 246 cm³/mol. The first-order valence-electron chi connectivity index (χ1n) is 23.5.